The first kappa shape index (κ1) is 10.3. The highest BCUT2D eigenvalue weighted by molar-refractivity contribution is 14.1. The molecule has 0 fully saturated rings. The van der Waals surface area contributed by atoms with Crippen LogP contribution in [0, 0.1) is 3.57 Å². The molecule has 4 heteroatoms. The number of nitrogens with zero attached hydrogens (tertiary/aromatic N) is 1. The minimum atomic E-state index is 0.272. The van der Waals surface area contributed by atoms with Crippen LogP contribution in [0.2, 0.25) is 0 Å². The average Bonchev–Trinajstić information content (AvgIpc) is 2.10. The van der Waals surface area contributed by atoms with Gasteiger partial charge in [-0.05, 0) is 47.7 Å². The van der Waals surface area contributed by atoms with Crippen molar-refractivity contribution in [3.63, 3.8) is 0 Å². The molecule has 0 unspecified atom stereocenters. The molecule has 13 heavy (non-hydrogen) atoms. The summed E-state index contributed by atoms with van der Waals surface area (Å²) in [5, 5.41) is 9.27. The summed E-state index contributed by atoms with van der Waals surface area (Å²) >= 11 is 2.05. The number of hydrogen-bond acceptors (Lipinski definition) is 2. The summed E-state index contributed by atoms with van der Waals surface area (Å²) < 4.78 is 0.782. The molecule has 0 heterocycles. The average molecular weight is 290 g/mol. The molecule has 0 aliphatic heterocycles. The zero-order chi connectivity index (χ0) is 9.84. The van der Waals surface area contributed by atoms with Crippen LogP contribution in [0.25, 0.3) is 0 Å². The van der Waals surface area contributed by atoms with E-state index in [1.807, 2.05) is 13.0 Å². The molecule has 0 aliphatic carbocycles. The summed E-state index contributed by atoms with van der Waals surface area (Å²) in [6.45, 7) is 2.60. The monoisotopic (exact) mass is 290 g/mol. The lowest BCUT2D eigenvalue weighted by Gasteiger charge is -2.02. The van der Waals surface area contributed by atoms with E-state index in [4.69, 9.17) is 5.73 Å². The van der Waals surface area contributed by atoms with Gasteiger partial charge < -0.3 is 10.8 Å². The van der Waals surface area contributed by atoms with Gasteiger partial charge in [0.1, 0.15) is 11.6 Å². The van der Waals surface area contributed by atoms with Crippen LogP contribution in [0.1, 0.15) is 12.5 Å². The van der Waals surface area contributed by atoms with E-state index in [1.165, 1.54) is 0 Å². The molecule has 0 aliphatic rings. The van der Waals surface area contributed by atoms with Gasteiger partial charge >= 0.3 is 0 Å². The Labute approximate surface area is 90.8 Å². The van der Waals surface area contributed by atoms with E-state index in [2.05, 4.69) is 27.6 Å². The summed E-state index contributed by atoms with van der Waals surface area (Å²) in [6.07, 6.45) is 0. The van der Waals surface area contributed by atoms with Gasteiger partial charge in [-0.3, -0.25) is 4.99 Å². The topological polar surface area (TPSA) is 58.6 Å². The number of phenols is 1. The van der Waals surface area contributed by atoms with Gasteiger partial charge in [0.2, 0.25) is 0 Å². The summed E-state index contributed by atoms with van der Waals surface area (Å²) in [5.41, 5.74) is 6.54. The molecule has 0 saturated carbocycles. The second-order valence-electron chi connectivity index (χ2n) is 2.53. The lowest BCUT2D eigenvalue weighted by molar-refractivity contribution is 0.471. The Morgan fingerprint density at radius 2 is 2.31 bits per heavy atom. The van der Waals surface area contributed by atoms with Crippen molar-refractivity contribution in [2.75, 3.05) is 6.54 Å². The number of hydrogen-bond donors (Lipinski definition) is 2. The Kier molecular flexibility index (Phi) is 3.53. The molecule has 0 saturated heterocycles. The summed E-state index contributed by atoms with van der Waals surface area (Å²) in [4.78, 5) is 4.08. The SMILES string of the molecule is CCN=C(N)c1ccc(O)c(I)c1. The maximum absolute atomic E-state index is 9.27. The van der Waals surface area contributed by atoms with Gasteiger partial charge in [0, 0.05) is 12.1 Å². The standard InChI is InChI=1S/C9H11IN2O/c1-2-12-9(11)6-3-4-8(13)7(10)5-6/h3-5,13H,2H2,1H3,(H2,11,12). The molecule has 0 amide bonds. The van der Waals surface area contributed by atoms with Crippen molar-refractivity contribution >= 4 is 28.4 Å². The van der Waals surface area contributed by atoms with Crippen molar-refractivity contribution in [2.24, 2.45) is 10.7 Å². The molecule has 0 spiro atoms. The first-order chi connectivity index (χ1) is 6.15. The molecule has 0 atom stereocenters. The predicted octanol–water partition coefficient (Wildman–Crippen LogP) is 1.72. The Bertz CT molecular complexity index is 336. The number of nitrogens with two attached hydrogens (primary N) is 1. The first-order valence-electron chi connectivity index (χ1n) is 3.94. The number of amidine groups is 1. The Morgan fingerprint density at radius 1 is 1.62 bits per heavy atom. The van der Waals surface area contributed by atoms with Crippen molar-refractivity contribution in [1.82, 2.24) is 0 Å². The minimum absolute atomic E-state index is 0.272. The molecule has 1 rings (SSSR count). The largest absolute Gasteiger partial charge is 0.507 e. The molecule has 1 aromatic carbocycles. The molecule has 3 nitrogen and oxygen atoms in total. The van der Waals surface area contributed by atoms with Crippen LogP contribution >= 0.6 is 22.6 Å². The van der Waals surface area contributed by atoms with Crippen LogP contribution in [-0.4, -0.2) is 17.5 Å². The van der Waals surface area contributed by atoms with E-state index >= 15 is 0 Å². The third-order valence-electron chi connectivity index (χ3n) is 1.57. The summed E-state index contributed by atoms with van der Waals surface area (Å²) in [7, 11) is 0. The number of aliphatic imine (C=N–C) groups is 1. The minimum Gasteiger partial charge on any atom is -0.507 e. The van der Waals surface area contributed by atoms with Gasteiger partial charge in [0.15, 0.2) is 0 Å². The van der Waals surface area contributed by atoms with Crippen molar-refractivity contribution in [1.29, 1.82) is 0 Å². The number of rotatable bonds is 2. The zero-order valence-electron chi connectivity index (χ0n) is 7.29. The molecular formula is C9H11IN2O. The van der Waals surface area contributed by atoms with E-state index < -0.39 is 0 Å². The quantitative estimate of drug-likeness (QED) is 0.495. The van der Waals surface area contributed by atoms with Crippen LogP contribution in [0.5, 0.6) is 5.75 Å². The van der Waals surface area contributed by atoms with E-state index in [0.29, 0.717) is 12.4 Å². The van der Waals surface area contributed by atoms with Gasteiger partial charge in [-0.1, -0.05) is 0 Å². The third-order valence-corrected chi connectivity index (χ3v) is 2.44. The normalized spacial score (nSPS) is 11.7. The van der Waals surface area contributed by atoms with Crippen LogP contribution in [-0.2, 0) is 0 Å². The van der Waals surface area contributed by atoms with Crippen LogP contribution in [0.3, 0.4) is 0 Å². The zero-order valence-corrected chi connectivity index (χ0v) is 9.45. The smallest absolute Gasteiger partial charge is 0.128 e. The Hall–Kier alpha value is -0.780. The van der Waals surface area contributed by atoms with E-state index in [1.54, 1.807) is 12.1 Å². The predicted molar refractivity (Wildman–Crippen MR) is 62.1 cm³/mol. The molecular weight excluding hydrogens is 279 g/mol. The highest BCUT2D eigenvalue weighted by Crippen LogP contribution is 2.19. The van der Waals surface area contributed by atoms with Gasteiger partial charge in [0.25, 0.3) is 0 Å². The van der Waals surface area contributed by atoms with Gasteiger partial charge in [-0.25, -0.2) is 0 Å². The third kappa shape index (κ3) is 2.58. The van der Waals surface area contributed by atoms with E-state index in [9.17, 15) is 5.11 Å². The first-order valence-corrected chi connectivity index (χ1v) is 5.01. The fourth-order valence-electron chi connectivity index (χ4n) is 0.928. The molecule has 0 bridgehead atoms. The fraction of sp³-hybridized carbons (Fsp3) is 0.222. The lowest BCUT2D eigenvalue weighted by atomic mass is 10.2. The second-order valence-corrected chi connectivity index (χ2v) is 3.69. The van der Waals surface area contributed by atoms with E-state index in [-0.39, 0.29) is 5.75 Å². The second kappa shape index (κ2) is 4.45. The van der Waals surface area contributed by atoms with Crippen LogP contribution < -0.4 is 5.73 Å². The molecule has 70 valence electrons. The van der Waals surface area contributed by atoms with Gasteiger partial charge in [-0.2, -0.15) is 0 Å². The molecule has 0 aromatic heterocycles. The maximum Gasteiger partial charge on any atom is 0.128 e. The van der Waals surface area contributed by atoms with E-state index in [0.717, 1.165) is 9.13 Å². The molecule has 0 radical (unpaired) electrons. The van der Waals surface area contributed by atoms with Crippen LogP contribution in [0.15, 0.2) is 23.2 Å². The maximum atomic E-state index is 9.27. The number of aromatic hydroxyl groups is 1. The molecule has 3 N–H and O–H groups in total. The van der Waals surface area contributed by atoms with Crippen molar-refractivity contribution in [2.45, 2.75) is 6.92 Å². The lowest BCUT2D eigenvalue weighted by Crippen LogP contribution is -2.13. The number of phenolic OH excluding ortho intramolecular Hbond substituents is 1. The highest BCUT2D eigenvalue weighted by Gasteiger charge is 2.01. The van der Waals surface area contributed by atoms with Crippen molar-refractivity contribution < 1.29 is 5.11 Å². The van der Waals surface area contributed by atoms with Gasteiger partial charge in [0.05, 0.1) is 3.57 Å². The Morgan fingerprint density at radius 3 is 2.85 bits per heavy atom. The van der Waals surface area contributed by atoms with Crippen molar-refractivity contribution in [3.8, 4) is 5.75 Å². The summed E-state index contributed by atoms with van der Waals surface area (Å²) in [5.74, 6) is 0.786. The fourth-order valence-corrected chi connectivity index (χ4v) is 1.44. The highest BCUT2D eigenvalue weighted by atomic mass is 127. The summed E-state index contributed by atoms with van der Waals surface area (Å²) in [6, 6.07) is 5.19. The van der Waals surface area contributed by atoms with Crippen LogP contribution in [0.4, 0.5) is 0 Å². The molecule has 1 aromatic rings. The Balaban J connectivity index is 3.04. The van der Waals surface area contributed by atoms with Crippen molar-refractivity contribution in [3.05, 3.63) is 27.3 Å². The number of benzene rings is 1. The number of halogens is 1. The van der Waals surface area contributed by atoms with Gasteiger partial charge in [-0.15, -0.1) is 0 Å².